The average molecular weight is 325 g/mol. The topological polar surface area (TPSA) is 126 Å². The van der Waals surface area contributed by atoms with E-state index in [1.165, 1.54) is 24.5 Å². The van der Waals surface area contributed by atoms with Gasteiger partial charge in [-0.25, -0.2) is 5.43 Å². The maximum atomic E-state index is 11.9. The van der Waals surface area contributed by atoms with E-state index in [-0.39, 0.29) is 17.6 Å². The fourth-order valence-corrected chi connectivity index (χ4v) is 1.96. The van der Waals surface area contributed by atoms with Crippen molar-refractivity contribution in [3.63, 3.8) is 0 Å². The quantitative estimate of drug-likeness (QED) is 0.423. The summed E-state index contributed by atoms with van der Waals surface area (Å²) in [4.78, 5) is 21.9. The minimum absolute atomic E-state index is 0.221. The van der Waals surface area contributed by atoms with Crippen molar-refractivity contribution in [3.05, 3.63) is 69.9 Å². The van der Waals surface area contributed by atoms with Gasteiger partial charge in [0.15, 0.2) is 5.76 Å². The minimum atomic E-state index is -0.635. The first-order valence-electron chi connectivity index (χ1n) is 6.82. The molecule has 120 valence electrons. The van der Waals surface area contributed by atoms with E-state index in [0.717, 1.165) is 0 Å². The lowest BCUT2D eigenvalue weighted by Gasteiger charge is -1.98. The van der Waals surface area contributed by atoms with Crippen molar-refractivity contribution < 1.29 is 14.1 Å². The summed E-state index contributed by atoms with van der Waals surface area (Å²) >= 11 is 0. The predicted molar refractivity (Wildman–Crippen MR) is 84.4 cm³/mol. The summed E-state index contributed by atoms with van der Waals surface area (Å²) in [5, 5.41) is 21.1. The van der Waals surface area contributed by atoms with Crippen molar-refractivity contribution in [1.29, 1.82) is 0 Å². The number of carbonyl (C=O) groups excluding carboxylic acids is 1. The SMILES string of the molecule is O=C(NN=Cc1c[nH]nc1-c1ccc([N+](=O)[O-])o1)c1ccccc1. The largest absolute Gasteiger partial charge is 0.433 e. The van der Waals surface area contributed by atoms with E-state index < -0.39 is 4.92 Å². The Morgan fingerprint density at radius 1 is 1.29 bits per heavy atom. The van der Waals surface area contributed by atoms with Crippen LogP contribution < -0.4 is 5.43 Å². The normalized spacial score (nSPS) is 10.8. The molecule has 2 aromatic heterocycles. The van der Waals surface area contributed by atoms with Crippen molar-refractivity contribution in [2.75, 3.05) is 0 Å². The van der Waals surface area contributed by atoms with Gasteiger partial charge < -0.3 is 4.42 Å². The molecule has 0 bridgehead atoms. The van der Waals surface area contributed by atoms with Gasteiger partial charge in [0, 0.05) is 17.3 Å². The first-order chi connectivity index (χ1) is 11.6. The van der Waals surface area contributed by atoms with Gasteiger partial charge in [-0.3, -0.25) is 20.0 Å². The van der Waals surface area contributed by atoms with Gasteiger partial charge in [0.05, 0.1) is 12.3 Å². The van der Waals surface area contributed by atoms with Crippen LogP contribution in [0.15, 0.2) is 58.2 Å². The zero-order valence-corrected chi connectivity index (χ0v) is 12.2. The van der Waals surface area contributed by atoms with E-state index in [4.69, 9.17) is 4.42 Å². The van der Waals surface area contributed by atoms with Crippen LogP contribution in [0.1, 0.15) is 15.9 Å². The Morgan fingerprint density at radius 2 is 2.08 bits per heavy atom. The highest BCUT2D eigenvalue weighted by Crippen LogP contribution is 2.26. The number of hydrogen-bond donors (Lipinski definition) is 2. The fourth-order valence-electron chi connectivity index (χ4n) is 1.96. The Morgan fingerprint density at radius 3 is 2.79 bits per heavy atom. The average Bonchev–Trinajstić information content (AvgIpc) is 3.24. The molecule has 9 heteroatoms. The Labute approximate surface area is 135 Å². The third-order valence-electron chi connectivity index (χ3n) is 3.08. The monoisotopic (exact) mass is 325 g/mol. The van der Waals surface area contributed by atoms with Crippen molar-refractivity contribution in [2.24, 2.45) is 5.10 Å². The lowest BCUT2D eigenvalue weighted by atomic mass is 10.2. The molecule has 0 radical (unpaired) electrons. The number of nitro groups is 1. The number of amides is 1. The summed E-state index contributed by atoms with van der Waals surface area (Å²) in [6, 6.07) is 11.3. The summed E-state index contributed by atoms with van der Waals surface area (Å²) in [7, 11) is 0. The summed E-state index contributed by atoms with van der Waals surface area (Å²) in [5.41, 5.74) is 3.72. The molecule has 0 saturated carbocycles. The molecule has 1 amide bonds. The third-order valence-corrected chi connectivity index (χ3v) is 3.08. The van der Waals surface area contributed by atoms with Gasteiger partial charge in [0.1, 0.15) is 10.6 Å². The number of aromatic nitrogens is 2. The molecule has 0 aliphatic carbocycles. The molecule has 9 nitrogen and oxygen atoms in total. The number of hydrogen-bond acceptors (Lipinski definition) is 6. The molecule has 24 heavy (non-hydrogen) atoms. The molecule has 2 heterocycles. The summed E-state index contributed by atoms with van der Waals surface area (Å²) in [6.07, 6.45) is 2.90. The molecular formula is C15H11N5O4. The zero-order valence-electron chi connectivity index (χ0n) is 12.2. The Bertz CT molecular complexity index is 897. The van der Waals surface area contributed by atoms with Gasteiger partial charge in [-0.05, 0) is 18.2 Å². The number of carbonyl (C=O) groups is 1. The van der Waals surface area contributed by atoms with E-state index in [1.807, 2.05) is 0 Å². The van der Waals surface area contributed by atoms with Crippen LogP contribution in [0.2, 0.25) is 0 Å². The maximum Gasteiger partial charge on any atom is 0.433 e. The summed E-state index contributed by atoms with van der Waals surface area (Å²) < 4.78 is 5.10. The molecule has 0 aliphatic rings. The molecule has 0 saturated heterocycles. The highest BCUT2D eigenvalue weighted by atomic mass is 16.6. The van der Waals surface area contributed by atoms with E-state index in [1.54, 1.807) is 30.3 Å². The van der Waals surface area contributed by atoms with Crippen molar-refractivity contribution in [1.82, 2.24) is 15.6 Å². The lowest BCUT2D eigenvalue weighted by molar-refractivity contribution is -0.401. The highest BCUT2D eigenvalue weighted by molar-refractivity contribution is 5.95. The summed E-state index contributed by atoms with van der Waals surface area (Å²) in [5.74, 6) is -0.516. The van der Waals surface area contributed by atoms with Crippen LogP contribution in [0, 0.1) is 10.1 Å². The van der Waals surface area contributed by atoms with Gasteiger partial charge in [-0.2, -0.15) is 10.2 Å². The number of benzene rings is 1. The van der Waals surface area contributed by atoms with Crippen LogP contribution in [-0.2, 0) is 0 Å². The van der Waals surface area contributed by atoms with Crippen LogP contribution in [0.25, 0.3) is 11.5 Å². The van der Waals surface area contributed by atoms with E-state index in [9.17, 15) is 14.9 Å². The molecule has 3 rings (SSSR count). The van der Waals surface area contributed by atoms with Crippen molar-refractivity contribution >= 4 is 18.0 Å². The molecule has 0 aliphatic heterocycles. The molecule has 2 N–H and O–H groups in total. The van der Waals surface area contributed by atoms with Crippen LogP contribution in [-0.4, -0.2) is 27.2 Å². The molecule has 1 aromatic carbocycles. The molecular weight excluding hydrogens is 314 g/mol. The number of rotatable bonds is 5. The van der Waals surface area contributed by atoms with Crippen LogP contribution in [0.5, 0.6) is 0 Å². The minimum Gasteiger partial charge on any atom is -0.399 e. The third kappa shape index (κ3) is 3.19. The molecule has 0 unspecified atom stereocenters. The second-order valence-corrected chi connectivity index (χ2v) is 4.65. The van der Waals surface area contributed by atoms with Crippen LogP contribution in [0.3, 0.4) is 0 Å². The van der Waals surface area contributed by atoms with Crippen LogP contribution in [0.4, 0.5) is 5.88 Å². The zero-order chi connectivity index (χ0) is 16.9. The molecule has 3 aromatic rings. The number of H-pyrrole nitrogens is 1. The second-order valence-electron chi connectivity index (χ2n) is 4.65. The fraction of sp³-hybridized carbons (Fsp3) is 0. The maximum absolute atomic E-state index is 11.9. The van der Waals surface area contributed by atoms with Crippen molar-refractivity contribution in [3.8, 4) is 11.5 Å². The van der Waals surface area contributed by atoms with Gasteiger partial charge in [0.2, 0.25) is 0 Å². The Balaban J connectivity index is 1.73. The predicted octanol–water partition coefficient (Wildman–Crippen LogP) is 2.34. The number of furan rings is 1. The number of aromatic amines is 1. The van der Waals surface area contributed by atoms with E-state index >= 15 is 0 Å². The standard InChI is InChI=1S/C15H11N5O4/c21-15(10-4-2-1-3-5-10)19-17-9-11-8-16-18-14(11)12-6-7-13(24-12)20(22)23/h1-9H,(H,16,18)(H,19,21). The number of hydrazone groups is 1. The second kappa shape index (κ2) is 6.57. The van der Waals surface area contributed by atoms with Gasteiger partial charge in [0.25, 0.3) is 5.91 Å². The highest BCUT2D eigenvalue weighted by Gasteiger charge is 2.16. The molecule has 0 atom stereocenters. The summed E-state index contributed by atoms with van der Waals surface area (Å²) in [6.45, 7) is 0. The van der Waals surface area contributed by atoms with Gasteiger partial charge in [-0.1, -0.05) is 18.2 Å². The van der Waals surface area contributed by atoms with Gasteiger partial charge in [-0.15, -0.1) is 0 Å². The van der Waals surface area contributed by atoms with Gasteiger partial charge >= 0.3 is 5.88 Å². The number of nitrogens with zero attached hydrogens (tertiary/aromatic N) is 3. The Kier molecular flexibility index (Phi) is 4.15. The molecule has 0 spiro atoms. The van der Waals surface area contributed by atoms with E-state index in [0.29, 0.717) is 16.8 Å². The molecule has 0 fully saturated rings. The smallest absolute Gasteiger partial charge is 0.399 e. The first-order valence-corrected chi connectivity index (χ1v) is 6.82. The van der Waals surface area contributed by atoms with Crippen LogP contribution >= 0.6 is 0 Å². The van der Waals surface area contributed by atoms with E-state index in [2.05, 4.69) is 20.7 Å². The van der Waals surface area contributed by atoms with Crippen molar-refractivity contribution in [2.45, 2.75) is 0 Å². The lowest BCUT2D eigenvalue weighted by Crippen LogP contribution is -2.17. The number of nitrogens with one attached hydrogen (secondary N) is 2. The first kappa shape index (κ1) is 15.2. The Hall–Kier alpha value is -3.75.